The Morgan fingerprint density at radius 1 is 1.46 bits per heavy atom. The molecule has 0 aromatic carbocycles. The van der Waals surface area contributed by atoms with Crippen LogP contribution in [0.5, 0.6) is 0 Å². The Hall–Kier alpha value is -0.900. The third-order valence-corrected chi connectivity index (χ3v) is 2.74. The van der Waals surface area contributed by atoms with Crippen LogP contribution < -0.4 is 0 Å². The largest absolute Gasteiger partial charge is 0.330 e. The zero-order valence-electron chi connectivity index (χ0n) is 7.58. The summed E-state index contributed by atoms with van der Waals surface area (Å²) in [6.45, 7) is 2.10. The minimum absolute atomic E-state index is 0.942. The molecule has 0 bridgehead atoms. The number of imidazole rings is 1. The first-order chi connectivity index (χ1) is 6.24. The van der Waals surface area contributed by atoms with E-state index in [4.69, 9.17) is 0 Å². The summed E-state index contributed by atoms with van der Waals surface area (Å²) in [5.74, 6) is 1.09. The Bertz CT molecular complexity index is 447. The second kappa shape index (κ2) is 3.10. The highest BCUT2D eigenvalue weighted by Gasteiger charge is 2.08. The summed E-state index contributed by atoms with van der Waals surface area (Å²) >= 11 is 3.44. The van der Waals surface area contributed by atoms with Gasteiger partial charge in [-0.25, -0.2) is 4.98 Å². The summed E-state index contributed by atoms with van der Waals surface area (Å²) < 4.78 is 3.04. The van der Waals surface area contributed by atoms with Crippen molar-refractivity contribution in [2.45, 2.75) is 13.3 Å². The standard InChI is InChI=1S/C9H10BrN3/c1-3-8-12-9-6(10)4-11-5-7(9)13(8)2/h4-5H,3H2,1-2H3. The third-order valence-electron chi connectivity index (χ3n) is 2.16. The molecule has 2 aromatic heterocycles. The van der Waals surface area contributed by atoms with Gasteiger partial charge in [-0.05, 0) is 15.9 Å². The van der Waals surface area contributed by atoms with E-state index in [-0.39, 0.29) is 0 Å². The molecule has 2 heterocycles. The minimum atomic E-state index is 0.942. The summed E-state index contributed by atoms with van der Waals surface area (Å²) in [6, 6.07) is 0. The number of nitrogens with zero attached hydrogens (tertiary/aromatic N) is 3. The van der Waals surface area contributed by atoms with E-state index in [1.807, 2.05) is 13.2 Å². The molecule has 0 fully saturated rings. The Kier molecular flexibility index (Phi) is 2.07. The topological polar surface area (TPSA) is 30.7 Å². The minimum Gasteiger partial charge on any atom is -0.330 e. The maximum Gasteiger partial charge on any atom is 0.109 e. The molecule has 0 N–H and O–H groups in total. The van der Waals surface area contributed by atoms with Gasteiger partial charge >= 0.3 is 0 Å². The van der Waals surface area contributed by atoms with E-state index in [2.05, 4.69) is 37.4 Å². The van der Waals surface area contributed by atoms with Crippen molar-refractivity contribution in [3.8, 4) is 0 Å². The van der Waals surface area contributed by atoms with E-state index in [0.717, 1.165) is 27.8 Å². The highest BCUT2D eigenvalue weighted by Crippen LogP contribution is 2.22. The maximum absolute atomic E-state index is 4.51. The van der Waals surface area contributed by atoms with Crippen molar-refractivity contribution in [3.05, 3.63) is 22.7 Å². The predicted octanol–water partition coefficient (Wildman–Crippen LogP) is 2.29. The highest BCUT2D eigenvalue weighted by atomic mass is 79.9. The molecule has 2 rings (SSSR count). The molecule has 0 saturated carbocycles. The second-order valence-corrected chi connectivity index (χ2v) is 3.78. The Balaban J connectivity index is 2.83. The van der Waals surface area contributed by atoms with Gasteiger partial charge in [0.1, 0.15) is 11.3 Å². The first-order valence-corrected chi connectivity index (χ1v) is 4.98. The summed E-state index contributed by atoms with van der Waals surface area (Å²) in [5, 5.41) is 0. The van der Waals surface area contributed by atoms with Crippen molar-refractivity contribution in [1.29, 1.82) is 0 Å². The van der Waals surface area contributed by atoms with Gasteiger partial charge in [0.25, 0.3) is 0 Å². The van der Waals surface area contributed by atoms with Crippen molar-refractivity contribution in [3.63, 3.8) is 0 Å². The fraction of sp³-hybridized carbons (Fsp3) is 0.333. The number of hydrogen-bond acceptors (Lipinski definition) is 2. The van der Waals surface area contributed by atoms with E-state index >= 15 is 0 Å². The van der Waals surface area contributed by atoms with Gasteiger partial charge in [0.15, 0.2) is 0 Å². The van der Waals surface area contributed by atoms with Gasteiger partial charge in [0, 0.05) is 19.7 Å². The van der Waals surface area contributed by atoms with Crippen molar-refractivity contribution in [2.24, 2.45) is 7.05 Å². The van der Waals surface area contributed by atoms with Crippen LogP contribution in [0.3, 0.4) is 0 Å². The Morgan fingerprint density at radius 2 is 2.23 bits per heavy atom. The molecular weight excluding hydrogens is 230 g/mol. The molecule has 3 nitrogen and oxygen atoms in total. The van der Waals surface area contributed by atoms with Crippen LogP contribution >= 0.6 is 15.9 Å². The van der Waals surface area contributed by atoms with Crippen molar-refractivity contribution in [1.82, 2.24) is 14.5 Å². The molecule has 0 aliphatic carbocycles. The number of aryl methyl sites for hydroxylation is 2. The van der Waals surface area contributed by atoms with E-state index < -0.39 is 0 Å². The average Bonchev–Trinajstić information content (AvgIpc) is 2.45. The van der Waals surface area contributed by atoms with Crippen LogP contribution in [-0.2, 0) is 13.5 Å². The summed E-state index contributed by atoms with van der Waals surface area (Å²) in [5.41, 5.74) is 2.07. The maximum atomic E-state index is 4.51. The van der Waals surface area contributed by atoms with Gasteiger partial charge in [-0.1, -0.05) is 6.92 Å². The van der Waals surface area contributed by atoms with Gasteiger partial charge in [-0.15, -0.1) is 0 Å². The van der Waals surface area contributed by atoms with Crippen LogP contribution in [0.2, 0.25) is 0 Å². The van der Waals surface area contributed by atoms with Crippen molar-refractivity contribution < 1.29 is 0 Å². The fourth-order valence-electron chi connectivity index (χ4n) is 1.43. The molecule has 0 aliphatic heterocycles. The predicted molar refractivity (Wildman–Crippen MR) is 55.6 cm³/mol. The number of pyridine rings is 1. The van der Waals surface area contributed by atoms with Gasteiger partial charge < -0.3 is 4.57 Å². The van der Waals surface area contributed by atoms with Crippen LogP contribution in [-0.4, -0.2) is 14.5 Å². The molecule has 0 unspecified atom stereocenters. The summed E-state index contributed by atoms with van der Waals surface area (Å²) in [6.07, 6.45) is 4.55. The normalized spacial score (nSPS) is 11.0. The highest BCUT2D eigenvalue weighted by molar-refractivity contribution is 9.10. The Morgan fingerprint density at radius 3 is 2.85 bits per heavy atom. The molecule has 0 saturated heterocycles. The van der Waals surface area contributed by atoms with E-state index in [9.17, 15) is 0 Å². The van der Waals surface area contributed by atoms with E-state index in [1.165, 1.54) is 0 Å². The fourth-order valence-corrected chi connectivity index (χ4v) is 1.84. The second-order valence-electron chi connectivity index (χ2n) is 2.93. The zero-order chi connectivity index (χ0) is 9.42. The van der Waals surface area contributed by atoms with Crippen molar-refractivity contribution in [2.75, 3.05) is 0 Å². The lowest BCUT2D eigenvalue weighted by atomic mass is 10.4. The lowest BCUT2D eigenvalue weighted by Crippen LogP contribution is -1.94. The molecular formula is C9H10BrN3. The molecule has 13 heavy (non-hydrogen) atoms. The molecule has 0 spiro atoms. The summed E-state index contributed by atoms with van der Waals surface area (Å²) in [7, 11) is 2.02. The molecule has 68 valence electrons. The van der Waals surface area contributed by atoms with Gasteiger partial charge in [0.05, 0.1) is 16.2 Å². The van der Waals surface area contributed by atoms with E-state index in [0.29, 0.717) is 0 Å². The van der Waals surface area contributed by atoms with Crippen molar-refractivity contribution >= 4 is 27.0 Å². The third kappa shape index (κ3) is 1.25. The zero-order valence-corrected chi connectivity index (χ0v) is 9.17. The number of rotatable bonds is 1. The smallest absolute Gasteiger partial charge is 0.109 e. The quantitative estimate of drug-likeness (QED) is 0.765. The first kappa shape index (κ1) is 8.69. The number of aromatic nitrogens is 3. The Labute approximate surface area is 84.9 Å². The van der Waals surface area contributed by atoms with Crippen LogP contribution in [0.1, 0.15) is 12.7 Å². The molecule has 0 aliphatic rings. The number of fused-ring (bicyclic) bond motifs is 1. The lowest BCUT2D eigenvalue weighted by Gasteiger charge is -1.96. The van der Waals surface area contributed by atoms with Crippen LogP contribution in [0, 0.1) is 0 Å². The first-order valence-electron chi connectivity index (χ1n) is 4.19. The SMILES string of the molecule is CCc1nc2c(Br)cncc2n1C. The molecule has 0 radical (unpaired) electrons. The molecule has 2 aromatic rings. The van der Waals surface area contributed by atoms with Crippen LogP contribution in [0.15, 0.2) is 16.9 Å². The van der Waals surface area contributed by atoms with E-state index in [1.54, 1.807) is 6.20 Å². The number of hydrogen-bond donors (Lipinski definition) is 0. The summed E-state index contributed by atoms with van der Waals surface area (Å²) in [4.78, 5) is 8.62. The molecule has 0 atom stereocenters. The van der Waals surface area contributed by atoms with Gasteiger partial charge in [-0.2, -0.15) is 0 Å². The van der Waals surface area contributed by atoms with Crippen LogP contribution in [0.4, 0.5) is 0 Å². The lowest BCUT2D eigenvalue weighted by molar-refractivity contribution is 0.828. The molecule has 0 amide bonds. The molecule has 4 heteroatoms. The van der Waals surface area contributed by atoms with Gasteiger partial charge in [-0.3, -0.25) is 4.98 Å². The van der Waals surface area contributed by atoms with Gasteiger partial charge in [0.2, 0.25) is 0 Å². The monoisotopic (exact) mass is 239 g/mol. The number of halogens is 1. The van der Waals surface area contributed by atoms with Crippen LogP contribution in [0.25, 0.3) is 11.0 Å². The average molecular weight is 240 g/mol.